The van der Waals surface area contributed by atoms with Gasteiger partial charge in [0.25, 0.3) is 0 Å². The van der Waals surface area contributed by atoms with Crippen LogP contribution in [0, 0.1) is 6.92 Å². The molecule has 0 aromatic carbocycles. The van der Waals surface area contributed by atoms with Crippen molar-refractivity contribution < 1.29 is 0 Å². The summed E-state index contributed by atoms with van der Waals surface area (Å²) in [5.41, 5.74) is 1.01. The first-order valence-electron chi connectivity index (χ1n) is 3.47. The van der Waals surface area contributed by atoms with Gasteiger partial charge in [0.1, 0.15) is 5.15 Å². The van der Waals surface area contributed by atoms with E-state index >= 15 is 0 Å². The molecule has 2 heteroatoms. The first-order chi connectivity index (χ1) is 5.00. The fraction of sp³-hybridized carbons (Fsp3) is 0.333. The van der Waals surface area contributed by atoms with Crippen LogP contribution in [0.5, 0.6) is 0 Å². The molecule has 0 aliphatic carbocycles. The van der Waals surface area contributed by atoms with Crippen LogP contribution in [-0.4, -0.2) is 4.98 Å². The standard InChI is InChI=1S/C9H11ClN/c1-9(2,3)7-4-5-8(10)11-6-7/h4-6H,1H2,2-3H3. The Morgan fingerprint density at radius 2 is 2.09 bits per heavy atom. The Morgan fingerprint density at radius 3 is 2.45 bits per heavy atom. The molecule has 0 amide bonds. The number of hydrogen-bond acceptors (Lipinski definition) is 1. The monoisotopic (exact) mass is 168 g/mol. The number of nitrogens with zero attached hydrogens (tertiary/aromatic N) is 1. The molecule has 1 nitrogen and oxygen atoms in total. The van der Waals surface area contributed by atoms with Gasteiger partial charge < -0.3 is 0 Å². The minimum Gasteiger partial charge on any atom is -0.244 e. The van der Waals surface area contributed by atoms with Crippen molar-refractivity contribution in [2.24, 2.45) is 0 Å². The predicted molar refractivity (Wildman–Crippen MR) is 47.6 cm³/mol. The molecule has 0 bridgehead atoms. The molecule has 1 aromatic heterocycles. The van der Waals surface area contributed by atoms with E-state index in [-0.39, 0.29) is 5.41 Å². The van der Waals surface area contributed by atoms with Gasteiger partial charge in [-0.1, -0.05) is 31.5 Å². The van der Waals surface area contributed by atoms with Gasteiger partial charge >= 0.3 is 0 Å². The van der Waals surface area contributed by atoms with Crippen molar-refractivity contribution in [2.45, 2.75) is 19.3 Å². The lowest BCUT2D eigenvalue weighted by Gasteiger charge is -2.17. The average molecular weight is 169 g/mol. The molecule has 0 atom stereocenters. The Labute approximate surface area is 72.4 Å². The number of rotatable bonds is 1. The maximum atomic E-state index is 5.63. The van der Waals surface area contributed by atoms with Crippen molar-refractivity contribution >= 4 is 11.6 Å². The van der Waals surface area contributed by atoms with Crippen LogP contribution in [0.1, 0.15) is 19.4 Å². The van der Waals surface area contributed by atoms with Crippen LogP contribution in [0.15, 0.2) is 18.3 Å². The Balaban J connectivity index is 2.99. The van der Waals surface area contributed by atoms with Gasteiger partial charge in [-0.15, -0.1) is 0 Å². The van der Waals surface area contributed by atoms with Gasteiger partial charge in [0.2, 0.25) is 0 Å². The quantitative estimate of drug-likeness (QED) is 0.588. The lowest BCUT2D eigenvalue weighted by Crippen LogP contribution is -2.11. The molecule has 1 aromatic rings. The second-order valence-electron chi connectivity index (χ2n) is 3.25. The fourth-order valence-corrected chi connectivity index (χ4v) is 0.888. The topological polar surface area (TPSA) is 12.9 Å². The van der Waals surface area contributed by atoms with E-state index in [0.29, 0.717) is 5.15 Å². The van der Waals surface area contributed by atoms with E-state index in [4.69, 9.17) is 11.6 Å². The van der Waals surface area contributed by atoms with Gasteiger partial charge in [0.05, 0.1) is 0 Å². The second-order valence-corrected chi connectivity index (χ2v) is 3.64. The molecule has 0 aliphatic rings. The van der Waals surface area contributed by atoms with Crippen LogP contribution in [0.4, 0.5) is 0 Å². The molecule has 0 N–H and O–H groups in total. The summed E-state index contributed by atoms with van der Waals surface area (Å²) >= 11 is 5.63. The number of hydrogen-bond donors (Lipinski definition) is 0. The third-order valence-electron chi connectivity index (χ3n) is 1.51. The van der Waals surface area contributed by atoms with Crippen molar-refractivity contribution in [3.05, 3.63) is 36.0 Å². The molecule has 0 aliphatic heterocycles. The zero-order valence-corrected chi connectivity index (χ0v) is 7.52. The van der Waals surface area contributed by atoms with Crippen molar-refractivity contribution in [3.63, 3.8) is 0 Å². The lowest BCUT2D eigenvalue weighted by molar-refractivity contribution is 0.661. The van der Waals surface area contributed by atoms with E-state index in [1.54, 1.807) is 12.3 Å². The molecule has 1 heterocycles. The molecular weight excluding hydrogens is 158 g/mol. The predicted octanol–water partition coefficient (Wildman–Crippen LogP) is 2.85. The Morgan fingerprint density at radius 1 is 1.45 bits per heavy atom. The molecule has 0 unspecified atom stereocenters. The smallest absolute Gasteiger partial charge is 0.129 e. The van der Waals surface area contributed by atoms with Crippen molar-refractivity contribution in [3.8, 4) is 0 Å². The first kappa shape index (κ1) is 8.54. The summed E-state index contributed by atoms with van der Waals surface area (Å²) < 4.78 is 0. The van der Waals surface area contributed by atoms with Gasteiger partial charge in [-0.3, -0.25) is 0 Å². The largest absolute Gasteiger partial charge is 0.244 e. The lowest BCUT2D eigenvalue weighted by atomic mass is 9.88. The van der Waals surface area contributed by atoms with Gasteiger partial charge in [0.15, 0.2) is 0 Å². The van der Waals surface area contributed by atoms with Crippen LogP contribution >= 0.6 is 11.6 Å². The highest BCUT2D eigenvalue weighted by molar-refractivity contribution is 6.29. The summed E-state index contributed by atoms with van der Waals surface area (Å²) in [6.45, 7) is 8.07. The maximum absolute atomic E-state index is 5.63. The van der Waals surface area contributed by atoms with E-state index in [0.717, 1.165) is 5.56 Å². The van der Waals surface area contributed by atoms with Gasteiger partial charge in [-0.25, -0.2) is 4.98 Å². The Kier molecular flexibility index (Phi) is 2.19. The Hall–Kier alpha value is -0.560. The molecular formula is C9H11ClN. The summed E-state index contributed by atoms with van der Waals surface area (Å²) in [7, 11) is 0. The van der Waals surface area contributed by atoms with E-state index in [1.165, 1.54) is 0 Å². The molecule has 11 heavy (non-hydrogen) atoms. The van der Waals surface area contributed by atoms with Crippen LogP contribution in [0.2, 0.25) is 5.15 Å². The van der Waals surface area contributed by atoms with Gasteiger partial charge in [0, 0.05) is 6.20 Å². The molecule has 0 spiro atoms. The SMILES string of the molecule is [CH2]C(C)(C)c1ccc(Cl)nc1. The van der Waals surface area contributed by atoms with E-state index in [1.807, 2.05) is 19.9 Å². The molecule has 0 saturated heterocycles. The average Bonchev–Trinajstić information content (AvgIpc) is 1.86. The van der Waals surface area contributed by atoms with E-state index < -0.39 is 0 Å². The molecule has 59 valence electrons. The van der Waals surface area contributed by atoms with Gasteiger partial charge in [-0.05, 0) is 24.0 Å². The summed E-state index contributed by atoms with van der Waals surface area (Å²) in [6.07, 6.45) is 1.76. The Bertz CT molecular complexity index is 233. The number of halogens is 1. The zero-order valence-electron chi connectivity index (χ0n) is 6.76. The molecule has 0 fully saturated rings. The first-order valence-corrected chi connectivity index (χ1v) is 3.85. The summed E-state index contributed by atoms with van der Waals surface area (Å²) in [5.74, 6) is 0. The minimum absolute atomic E-state index is 0.0857. The molecule has 1 radical (unpaired) electrons. The van der Waals surface area contributed by atoms with Crippen LogP contribution in [0.3, 0.4) is 0 Å². The number of aromatic nitrogens is 1. The van der Waals surface area contributed by atoms with Gasteiger partial charge in [-0.2, -0.15) is 0 Å². The van der Waals surface area contributed by atoms with Crippen LogP contribution in [-0.2, 0) is 5.41 Å². The highest BCUT2D eigenvalue weighted by atomic mass is 35.5. The molecule has 0 saturated carbocycles. The summed E-state index contributed by atoms with van der Waals surface area (Å²) in [6, 6.07) is 3.73. The maximum Gasteiger partial charge on any atom is 0.129 e. The highest BCUT2D eigenvalue weighted by Crippen LogP contribution is 2.21. The number of pyridine rings is 1. The van der Waals surface area contributed by atoms with Crippen molar-refractivity contribution in [2.75, 3.05) is 0 Å². The minimum atomic E-state index is -0.0857. The van der Waals surface area contributed by atoms with Crippen molar-refractivity contribution in [1.82, 2.24) is 4.98 Å². The van der Waals surface area contributed by atoms with E-state index in [2.05, 4.69) is 11.9 Å². The zero-order chi connectivity index (χ0) is 8.48. The highest BCUT2D eigenvalue weighted by Gasteiger charge is 2.13. The van der Waals surface area contributed by atoms with Crippen molar-refractivity contribution in [1.29, 1.82) is 0 Å². The third-order valence-corrected chi connectivity index (χ3v) is 1.73. The van der Waals surface area contributed by atoms with E-state index in [9.17, 15) is 0 Å². The normalized spacial score (nSPS) is 11.6. The van der Waals surface area contributed by atoms with Crippen LogP contribution < -0.4 is 0 Å². The summed E-state index contributed by atoms with van der Waals surface area (Å²) in [4.78, 5) is 3.97. The van der Waals surface area contributed by atoms with Crippen LogP contribution in [0.25, 0.3) is 0 Å². The second kappa shape index (κ2) is 2.82. The molecule has 1 rings (SSSR count). The fourth-order valence-electron chi connectivity index (χ4n) is 0.776. The third kappa shape index (κ3) is 2.19. The summed E-state index contributed by atoms with van der Waals surface area (Å²) in [5, 5.41) is 0.526.